The molecule has 2 rings (SSSR count). The van der Waals surface area contributed by atoms with Gasteiger partial charge in [-0.1, -0.05) is 6.07 Å². The predicted octanol–water partition coefficient (Wildman–Crippen LogP) is 2.11. The van der Waals surface area contributed by atoms with E-state index >= 15 is 0 Å². The van der Waals surface area contributed by atoms with E-state index in [1.807, 2.05) is 33.8 Å². The van der Waals surface area contributed by atoms with Gasteiger partial charge in [0.1, 0.15) is 10.7 Å². The zero-order chi connectivity index (χ0) is 15.0. The second-order valence-corrected chi connectivity index (χ2v) is 7.30. The largest absolute Gasteiger partial charge is 0.284 e. The Bertz CT molecular complexity index is 687. The molecule has 0 aliphatic heterocycles. The fraction of sp³-hybridized carbons (Fsp3) is 0.385. The number of anilines is 1. The van der Waals surface area contributed by atoms with Gasteiger partial charge in [-0.3, -0.25) is 5.10 Å². The molecule has 0 amide bonds. The van der Waals surface area contributed by atoms with E-state index in [0.29, 0.717) is 5.82 Å². The van der Waals surface area contributed by atoms with Crippen molar-refractivity contribution in [2.75, 3.05) is 4.31 Å². The van der Waals surface area contributed by atoms with Gasteiger partial charge in [0.25, 0.3) is 10.0 Å². The van der Waals surface area contributed by atoms with Crippen molar-refractivity contribution in [3.05, 3.63) is 36.3 Å². The molecule has 0 spiro atoms. The van der Waals surface area contributed by atoms with E-state index in [9.17, 15) is 8.42 Å². The van der Waals surface area contributed by atoms with Crippen LogP contribution in [0.4, 0.5) is 5.82 Å². The highest BCUT2D eigenvalue weighted by Gasteiger charge is 2.36. The number of rotatable bonds is 3. The summed E-state index contributed by atoms with van der Waals surface area (Å²) in [4.78, 5) is 4.36. The Morgan fingerprint density at radius 3 is 2.50 bits per heavy atom. The predicted molar refractivity (Wildman–Crippen MR) is 77.0 cm³/mol. The second kappa shape index (κ2) is 4.90. The minimum Gasteiger partial charge on any atom is -0.284 e. The van der Waals surface area contributed by atoms with Crippen LogP contribution in [0.15, 0.2) is 35.6 Å². The molecule has 20 heavy (non-hydrogen) atoms. The van der Waals surface area contributed by atoms with Crippen LogP contribution >= 0.6 is 0 Å². The third-order valence-electron chi connectivity index (χ3n) is 2.79. The summed E-state index contributed by atoms with van der Waals surface area (Å²) in [7, 11) is -3.71. The molecule has 0 aliphatic carbocycles. The third kappa shape index (κ3) is 2.53. The van der Waals surface area contributed by atoms with E-state index in [0.717, 1.165) is 5.56 Å². The first kappa shape index (κ1) is 14.5. The Morgan fingerprint density at radius 1 is 1.30 bits per heavy atom. The van der Waals surface area contributed by atoms with Gasteiger partial charge in [-0.05, 0) is 39.3 Å². The fourth-order valence-electron chi connectivity index (χ4n) is 1.97. The molecule has 0 radical (unpaired) electrons. The molecule has 0 fully saturated rings. The van der Waals surface area contributed by atoms with Gasteiger partial charge in [-0.15, -0.1) is 0 Å². The van der Waals surface area contributed by atoms with Crippen molar-refractivity contribution in [2.24, 2.45) is 0 Å². The SMILES string of the molecule is Cc1cccnc1N(C(C)(C)C)S(=O)(=O)c1cn[nH]c1. The van der Waals surface area contributed by atoms with Gasteiger partial charge in [0.05, 0.1) is 6.20 Å². The van der Waals surface area contributed by atoms with Crippen molar-refractivity contribution >= 4 is 15.8 Å². The Hall–Kier alpha value is -1.89. The van der Waals surface area contributed by atoms with Crippen LogP contribution in [0.2, 0.25) is 0 Å². The summed E-state index contributed by atoms with van der Waals surface area (Å²) in [5.74, 6) is 0.432. The van der Waals surface area contributed by atoms with Crippen molar-refractivity contribution in [2.45, 2.75) is 38.1 Å². The van der Waals surface area contributed by atoms with Crippen LogP contribution in [0.3, 0.4) is 0 Å². The maximum absolute atomic E-state index is 12.8. The van der Waals surface area contributed by atoms with Gasteiger partial charge in [0.15, 0.2) is 0 Å². The van der Waals surface area contributed by atoms with Gasteiger partial charge in [-0.25, -0.2) is 17.7 Å². The molecule has 0 aliphatic rings. The van der Waals surface area contributed by atoms with Crippen LogP contribution in [0, 0.1) is 6.92 Å². The highest BCUT2D eigenvalue weighted by molar-refractivity contribution is 7.92. The van der Waals surface area contributed by atoms with Gasteiger partial charge in [0, 0.05) is 17.9 Å². The van der Waals surface area contributed by atoms with E-state index in [-0.39, 0.29) is 4.90 Å². The van der Waals surface area contributed by atoms with Crippen molar-refractivity contribution in [1.29, 1.82) is 0 Å². The third-order valence-corrected chi connectivity index (χ3v) is 4.82. The highest BCUT2D eigenvalue weighted by atomic mass is 32.2. The van der Waals surface area contributed by atoms with Crippen molar-refractivity contribution in [1.82, 2.24) is 15.2 Å². The van der Waals surface area contributed by atoms with Crippen molar-refractivity contribution < 1.29 is 8.42 Å². The molecular formula is C13H18N4O2S. The smallest absolute Gasteiger partial charge is 0.269 e. The fourth-order valence-corrected chi connectivity index (χ4v) is 3.71. The normalized spacial score (nSPS) is 12.4. The molecule has 7 heteroatoms. The van der Waals surface area contributed by atoms with E-state index in [1.54, 1.807) is 12.3 Å². The summed E-state index contributed by atoms with van der Waals surface area (Å²) in [6, 6.07) is 3.62. The molecule has 0 aromatic carbocycles. The quantitative estimate of drug-likeness (QED) is 0.940. The molecule has 108 valence electrons. The molecule has 0 atom stereocenters. The lowest BCUT2D eigenvalue weighted by molar-refractivity contribution is 0.532. The topological polar surface area (TPSA) is 79.0 Å². The summed E-state index contributed by atoms with van der Waals surface area (Å²) in [5, 5.41) is 6.25. The Labute approximate surface area is 118 Å². The molecule has 0 bridgehead atoms. The minimum atomic E-state index is -3.71. The minimum absolute atomic E-state index is 0.123. The Kier molecular flexibility index (Phi) is 3.56. The molecule has 2 aromatic heterocycles. The number of aromatic amines is 1. The number of H-pyrrole nitrogens is 1. The number of aromatic nitrogens is 3. The van der Waals surface area contributed by atoms with Crippen molar-refractivity contribution in [3.63, 3.8) is 0 Å². The van der Waals surface area contributed by atoms with E-state index < -0.39 is 15.6 Å². The first-order valence-electron chi connectivity index (χ1n) is 6.20. The first-order valence-corrected chi connectivity index (χ1v) is 7.64. The van der Waals surface area contributed by atoms with E-state index in [4.69, 9.17) is 0 Å². The molecule has 0 unspecified atom stereocenters. The number of hydrogen-bond acceptors (Lipinski definition) is 4. The van der Waals surface area contributed by atoms with Gasteiger partial charge >= 0.3 is 0 Å². The summed E-state index contributed by atoms with van der Waals surface area (Å²) in [6.45, 7) is 7.34. The van der Waals surface area contributed by atoms with Crippen LogP contribution in [0.1, 0.15) is 26.3 Å². The molecule has 2 heterocycles. The maximum Gasteiger partial charge on any atom is 0.269 e. The number of aryl methyl sites for hydroxylation is 1. The highest BCUT2D eigenvalue weighted by Crippen LogP contribution is 2.31. The van der Waals surface area contributed by atoms with E-state index in [1.165, 1.54) is 16.7 Å². The van der Waals surface area contributed by atoms with Crippen LogP contribution in [0.25, 0.3) is 0 Å². The van der Waals surface area contributed by atoms with Crippen molar-refractivity contribution in [3.8, 4) is 0 Å². The van der Waals surface area contributed by atoms with Crippen LogP contribution in [0.5, 0.6) is 0 Å². The summed E-state index contributed by atoms with van der Waals surface area (Å²) >= 11 is 0. The zero-order valence-corrected chi connectivity index (χ0v) is 12.8. The van der Waals surface area contributed by atoms with E-state index in [2.05, 4.69) is 15.2 Å². The average Bonchev–Trinajstić information content (AvgIpc) is 2.84. The lowest BCUT2D eigenvalue weighted by Crippen LogP contribution is -2.46. The van der Waals surface area contributed by atoms with Crippen LogP contribution in [-0.4, -0.2) is 29.1 Å². The second-order valence-electron chi connectivity index (χ2n) is 5.52. The summed E-state index contributed by atoms with van der Waals surface area (Å²) in [5.41, 5.74) is 0.157. The monoisotopic (exact) mass is 294 g/mol. The molecule has 1 N–H and O–H groups in total. The molecule has 0 saturated heterocycles. The van der Waals surface area contributed by atoms with Gasteiger partial charge < -0.3 is 0 Å². The first-order chi connectivity index (χ1) is 9.24. The molecule has 0 saturated carbocycles. The zero-order valence-electron chi connectivity index (χ0n) is 12.0. The number of nitrogens with zero attached hydrogens (tertiary/aromatic N) is 3. The lowest BCUT2D eigenvalue weighted by atomic mass is 10.1. The standard InChI is InChI=1S/C13H18N4O2S/c1-10-6-5-7-14-12(10)17(13(2,3)4)20(18,19)11-8-15-16-9-11/h5-9H,1-4H3,(H,15,16). The average molecular weight is 294 g/mol. The molecule has 2 aromatic rings. The number of nitrogens with one attached hydrogen (secondary N) is 1. The van der Waals surface area contributed by atoms with Crippen LogP contribution in [-0.2, 0) is 10.0 Å². The number of hydrogen-bond donors (Lipinski definition) is 1. The summed E-state index contributed by atoms with van der Waals surface area (Å²) in [6.07, 6.45) is 4.25. The lowest BCUT2D eigenvalue weighted by Gasteiger charge is -2.35. The molecular weight excluding hydrogens is 276 g/mol. The Morgan fingerprint density at radius 2 is 2.00 bits per heavy atom. The number of pyridine rings is 1. The Balaban J connectivity index is 2.65. The summed E-state index contributed by atoms with van der Waals surface area (Å²) < 4.78 is 27.0. The van der Waals surface area contributed by atoms with Gasteiger partial charge in [-0.2, -0.15) is 5.10 Å². The maximum atomic E-state index is 12.8. The number of sulfonamides is 1. The van der Waals surface area contributed by atoms with Gasteiger partial charge in [0.2, 0.25) is 0 Å². The molecule has 6 nitrogen and oxygen atoms in total. The van der Waals surface area contributed by atoms with Crippen LogP contribution < -0.4 is 4.31 Å².